The van der Waals surface area contributed by atoms with Gasteiger partial charge in [0.25, 0.3) is 0 Å². The minimum atomic E-state index is -3.49. The van der Waals surface area contributed by atoms with Crippen LogP contribution in [0.4, 0.5) is 4.79 Å². The van der Waals surface area contributed by atoms with Crippen LogP contribution in [0.1, 0.15) is 26.7 Å². The Labute approximate surface area is 150 Å². The van der Waals surface area contributed by atoms with Gasteiger partial charge in [0.1, 0.15) is 0 Å². The van der Waals surface area contributed by atoms with Gasteiger partial charge < -0.3 is 15.1 Å². The summed E-state index contributed by atoms with van der Waals surface area (Å²) in [5.41, 5.74) is 0. The van der Waals surface area contributed by atoms with Crippen LogP contribution in [0.2, 0.25) is 0 Å². The van der Waals surface area contributed by atoms with Gasteiger partial charge in [-0.3, -0.25) is 4.79 Å². The van der Waals surface area contributed by atoms with Crippen molar-refractivity contribution < 1.29 is 18.0 Å². The molecule has 2 atom stereocenters. The molecule has 2 heterocycles. The number of likely N-dealkylation sites (N-methyl/N-ethyl adjacent to an activating group) is 1. The molecule has 9 heteroatoms. The highest BCUT2D eigenvalue weighted by Crippen LogP contribution is 2.34. The standard InChI is InChI=1S/C16H30N4O4S/c1-12(2)9-17-16(22)19-7-5-13-10-20(11-15(21)18(3)4)25(23,24)14(13)6-8-19/h12-14H,5-11H2,1-4H3,(H,17,22)/t13-,14+/m0/s1. The van der Waals surface area contributed by atoms with E-state index in [4.69, 9.17) is 0 Å². The first-order valence-corrected chi connectivity index (χ1v) is 10.3. The van der Waals surface area contributed by atoms with E-state index in [0.29, 0.717) is 44.9 Å². The molecule has 2 aliphatic heterocycles. The van der Waals surface area contributed by atoms with Crippen molar-refractivity contribution in [1.82, 2.24) is 19.4 Å². The Morgan fingerprint density at radius 2 is 1.84 bits per heavy atom. The normalized spacial score (nSPS) is 26.2. The average Bonchev–Trinajstić information content (AvgIpc) is 2.68. The Hall–Kier alpha value is -1.35. The van der Waals surface area contributed by atoms with Gasteiger partial charge in [-0.1, -0.05) is 13.8 Å². The predicted octanol–water partition coefficient (Wildman–Crippen LogP) is 0.166. The van der Waals surface area contributed by atoms with Gasteiger partial charge >= 0.3 is 6.03 Å². The summed E-state index contributed by atoms with van der Waals surface area (Å²) in [4.78, 5) is 27.2. The molecule has 2 aliphatic rings. The van der Waals surface area contributed by atoms with Gasteiger partial charge in [-0.05, 0) is 24.7 Å². The number of amides is 3. The van der Waals surface area contributed by atoms with Crippen molar-refractivity contribution in [1.29, 1.82) is 0 Å². The van der Waals surface area contributed by atoms with Crippen molar-refractivity contribution in [2.45, 2.75) is 31.9 Å². The SMILES string of the molecule is CC(C)CNC(=O)N1CC[C@H]2CN(CC(=O)N(C)C)S(=O)(=O)[C@@H]2CC1. The van der Waals surface area contributed by atoms with Crippen LogP contribution < -0.4 is 5.32 Å². The smallest absolute Gasteiger partial charge is 0.317 e. The molecule has 2 saturated heterocycles. The van der Waals surface area contributed by atoms with Gasteiger partial charge in [0, 0.05) is 40.3 Å². The zero-order valence-electron chi connectivity index (χ0n) is 15.6. The summed E-state index contributed by atoms with van der Waals surface area (Å²) < 4.78 is 26.9. The summed E-state index contributed by atoms with van der Waals surface area (Å²) in [6, 6.07) is -0.120. The van der Waals surface area contributed by atoms with Crippen molar-refractivity contribution >= 4 is 22.0 Å². The predicted molar refractivity (Wildman–Crippen MR) is 95.5 cm³/mol. The summed E-state index contributed by atoms with van der Waals surface area (Å²) >= 11 is 0. The minimum Gasteiger partial charge on any atom is -0.348 e. The Balaban J connectivity index is 1.99. The molecular formula is C16H30N4O4S. The monoisotopic (exact) mass is 374 g/mol. The van der Waals surface area contributed by atoms with Gasteiger partial charge in [-0.15, -0.1) is 0 Å². The number of hydrogen-bond acceptors (Lipinski definition) is 4. The second-order valence-corrected chi connectivity index (χ2v) is 9.72. The molecule has 0 spiro atoms. The van der Waals surface area contributed by atoms with Crippen LogP contribution >= 0.6 is 0 Å². The molecular weight excluding hydrogens is 344 g/mol. The molecule has 0 radical (unpaired) electrons. The molecule has 8 nitrogen and oxygen atoms in total. The van der Waals surface area contributed by atoms with E-state index in [1.54, 1.807) is 19.0 Å². The maximum absolute atomic E-state index is 12.8. The summed E-state index contributed by atoms with van der Waals surface area (Å²) in [7, 11) is -0.244. The Morgan fingerprint density at radius 3 is 2.44 bits per heavy atom. The topological polar surface area (TPSA) is 90.0 Å². The van der Waals surface area contributed by atoms with E-state index in [9.17, 15) is 18.0 Å². The molecule has 25 heavy (non-hydrogen) atoms. The molecule has 0 aromatic heterocycles. The minimum absolute atomic E-state index is 0.0251. The number of sulfonamides is 1. The van der Waals surface area contributed by atoms with E-state index in [2.05, 4.69) is 5.32 Å². The fourth-order valence-corrected chi connectivity index (χ4v) is 5.53. The van der Waals surface area contributed by atoms with Crippen LogP contribution in [-0.2, 0) is 14.8 Å². The first-order chi connectivity index (χ1) is 11.6. The first kappa shape index (κ1) is 20.0. The molecule has 0 saturated carbocycles. The fourth-order valence-electron chi connectivity index (χ4n) is 3.35. The number of carbonyl (C=O) groups is 2. The van der Waals surface area contributed by atoms with E-state index in [1.165, 1.54) is 9.21 Å². The first-order valence-electron chi connectivity index (χ1n) is 8.84. The van der Waals surface area contributed by atoms with Gasteiger partial charge in [0.2, 0.25) is 15.9 Å². The van der Waals surface area contributed by atoms with Gasteiger partial charge in [-0.2, -0.15) is 4.31 Å². The third-order valence-electron chi connectivity index (χ3n) is 4.92. The fraction of sp³-hybridized carbons (Fsp3) is 0.875. The Morgan fingerprint density at radius 1 is 1.20 bits per heavy atom. The average molecular weight is 375 g/mol. The third kappa shape index (κ3) is 4.63. The summed E-state index contributed by atoms with van der Waals surface area (Å²) in [6.45, 7) is 5.93. The molecule has 2 fully saturated rings. The Kier molecular flexibility index (Phi) is 6.31. The lowest BCUT2D eigenvalue weighted by Gasteiger charge is -2.23. The van der Waals surface area contributed by atoms with Crippen molar-refractivity contribution in [2.75, 3.05) is 46.8 Å². The zero-order valence-corrected chi connectivity index (χ0v) is 16.4. The van der Waals surface area contributed by atoms with Crippen molar-refractivity contribution in [3.8, 4) is 0 Å². The van der Waals surface area contributed by atoms with E-state index >= 15 is 0 Å². The maximum atomic E-state index is 12.8. The van der Waals surface area contributed by atoms with E-state index in [0.717, 1.165) is 0 Å². The van der Waals surface area contributed by atoms with Gasteiger partial charge in [0.15, 0.2) is 0 Å². The number of nitrogens with one attached hydrogen (secondary N) is 1. The molecule has 2 rings (SSSR count). The lowest BCUT2D eigenvalue weighted by molar-refractivity contribution is -0.128. The van der Waals surface area contributed by atoms with Gasteiger partial charge in [-0.25, -0.2) is 13.2 Å². The second-order valence-electron chi connectivity index (χ2n) is 7.57. The number of urea groups is 1. The maximum Gasteiger partial charge on any atom is 0.317 e. The van der Waals surface area contributed by atoms with Gasteiger partial charge in [0.05, 0.1) is 11.8 Å². The lowest BCUT2D eigenvalue weighted by Crippen LogP contribution is -2.43. The van der Waals surface area contributed by atoms with Crippen LogP contribution in [0, 0.1) is 11.8 Å². The number of rotatable bonds is 4. The highest BCUT2D eigenvalue weighted by atomic mass is 32.2. The second kappa shape index (κ2) is 7.90. The molecule has 3 amide bonds. The van der Waals surface area contributed by atoms with Crippen LogP contribution in [0.3, 0.4) is 0 Å². The summed E-state index contributed by atoms with van der Waals surface area (Å²) in [5, 5.41) is 2.40. The quantitative estimate of drug-likeness (QED) is 0.759. The Bertz CT molecular complexity index is 605. The van der Waals surface area contributed by atoms with E-state index in [1.807, 2.05) is 13.8 Å². The molecule has 0 aromatic carbocycles. The lowest BCUT2D eigenvalue weighted by atomic mass is 10.0. The van der Waals surface area contributed by atoms with Crippen LogP contribution in [-0.4, -0.2) is 86.5 Å². The van der Waals surface area contributed by atoms with Crippen molar-refractivity contribution in [3.05, 3.63) is 0 Å². The van der Waals surface area contributed by atoms with E-state index in [-0.39, 0.29) is 24.4 Å². The number of fused-ring (bicyclic) bond motifs is 1. The molecule has 144 valence electrons. The zero-order chi connectivity index (χ0) is 18.8. The summed E-state index contributed by atoms with van der Waals surface area (Å²) in [5.74, 6) is 0.135. The van der Waals surface area contributed by atoms with Crippen molar-refractivity contribution in [2.24, 2.45) is 11.8 Å². The van der Waals surface area contributed by atoms with E-state index < -0.39 is 15.3 Å². The van der Waals surface area contributed by atoms with Crippen LogP contribution in [0.5, 0.6) is 0 Å². The molecule has 0 aromatic rings. The van der Waals surface area contributed by atoms with Crippen molar-refractivity contribution in [3.63, 3.8) is 0 Å². The third-order valence-corrected chi connectivity index (χ3v) is 7.30. The number of carbonyl (C=O) groups excluding carboxylic acids is 2. The highest BCUT2D eigenvalue weighted by Gasteiger charge is 2.47. The number of nitrogens with zero attached hydrogens (tertiary/aromatic N) is 3. The molecule has 0 bridgehead atoms. The number of likely N-dealkylation sites (tertiary alicyclic amines) is 1. The summed E-state index contributed by atoms with van der Waals surface area (Å²) in [6.07, 6.45) is 1.07. The molecule has 1 N–H and O–H groups in total. The molecule has 0 unspecified atom stereocenters. The van der Waals surface area contributed by atoms with Crippen LogP contribution in [0.25, 0.3) is 0 Å². The van der Waals surface area contributed by atoms with Crippen LogP contribution in [0.15, 0.2) is 0 Å². The molecule has 0 aliphatic carbocycles. The highest BCUT2D eigenvalue weighted by molar-refractivity contribution is 7.90. The number of hydrogen-bond donors (Lipinski definition) is 1. The largest absolute Gasteiger partial charge is 0.348 e.